The van der Waals surface area contributed by atoms with Gasteiger partial charge in [-0.25, -0.2) is 14.8 Å². The van der Waals surface area contributed by atoms with Crippen LogP contribution in [0.15, 0.2) is 12.4 Å². The van der Waals surface area contributed by atoms with Gasteiger partial charge in [-0.3, -0.25) is 0 Å². The number of carbonyl (C=O) groups excluding carboxylic acids is 2. The van der Waals surface area contributed by atoms with Crippen LogP contribution in [-0.4, -0.2) is 58.7 Å². The van der Waals surface area contributed by atoms with E-state index in [1.165, 1.54) is 12.4 Å². The first-order valence-corrected chi connectivity index (χ1v) is 7.85. The van der Waals surface area contributed by atoms with Gasteiger partial charge in [0.1, 0.15) is 17.1 Å². The first-order valence-electron chi connectivity index (χ1n) is 7.85. The number of aromatic carboxylic acids is 1. The van der Waals surface area contributed by atoms with E-state index in [0.29, 0.717) is 5.82 Å². The van der Waals surface area contributed by atoms with Crippen molar-refractivity contribution in [2.45, 2.75) is 38.8 Å². The Morgan fingerprint density at radius 3 is 2.44 bits per heavy atom. The first-order chi connectivity index (χ1) is 11.1. The van der Waals surface area contributed by atoms with Crippen LogP contribution in [0, 0.1) is 5.41 Å². The molecular formula is C16H21N4NaO4. The minimum atomic E-state index is -1.34. The normalized spacial score (nSPS) is 20.3. The summed E-state index contributed by atoms with van der Waals surface area (Å²) >= 11 is 0. The van der Waals surface area contributed by atoms with E-state index in [2.05, 4.69) is 9.97 Å². The fraction of sp³-hybridized carbons (Fsp3) is 0.625. The summed E-state index contributed by atoms with van der Waals surface area (Å²) in [6.07, 6.45) is 3.27. The van der Waals surface area contributed by atoms with Crippen LogP contribution >= 0.6 is 0 Å². The molecule has 1 amide bonds. The molecule has 1 spiro atoms. The Bertz CT molecular complexity index is 668. The zero-order valence-electron chi connectivity index (χ0n) is 15.3. The Kier molecular flexibility index (Phi) is 5.37. The maximum Gasteiger partial charge on any atom is 1.00 e. The largest absolute Gasteiger partial charge is 1.00 e. The second kappa shape index (κ2) is 6.74. The van der Waals surface area contributed by atoms with Gasteiger partial charge in [0, 0.05) is 31.6 Å². The van der Waals surface area contributed by atoms with E-state index in [-0.39, 0.29) is 52.8 Å². The molecule has 1 atom stereocenters. The topological polar surface area (TPSA) is 98.7 Å². The predicted octanol–water partition coefficient (Wildman–Crippen LogP) is -2.71. The average molecular weight is 356 g/mol. The Balaban J connectivity index is 0.00000225. The quantitative estimate of drug-likeness (QED) is 0.543. The molecule has 1 saturated heterocycles. The van der Waals surface area contributed by atoms with E-state index < -0.39 is 11.6 Å². The van der Waals surface area contributed by atoms with Gasteiger partial charge in [-0.2, -0.15) is 0 Å². The van der Waals surface area contributed by atoms with Gasteiger partial charge in [-0.1, -0.05) is 0 Å². The van der Waals surface area contributed by atoms with Crippen LogP contribution in [0.3, 0.4) is 0 Å². The molecular weight excluding hydrogens is 335 g/mol. The van der Waals surface area contributed by atoms with Gasteiger partial charge in [-0.05, 0) is 27.2 Å². The third-order valence-corrected chi connectivity index (χ3v) is 4.48. The van der Waals surface area contributed by atoms with Crippen molar-refractivity contribution in [2.24, 2.45) is 5.41 Å². The van der Waals surface area contributed by atoms with Crippen LogP contribution in [0.25, 0.3) is 0 Å². The molecule has 1 saturated carbocycles. The number of ether oxygens (including phenoxy) is 1. The number of hydrogen-bond acceptors (Lipinski definition) is 7. The molecule has 1 unspecified atom stereocenters. The van der Waals surface area contributed by atoms with E-state index in [1.54, 1.807) is 11.9 Å². The summed E-state index contributed by atoms with van der Waals surface area (Å²) in [7, 11) is 1.77. The van der Waals surface area contributed by atoms with Gasteiger partial charge >= 0.3 is 35.7 Å². The molecule has 0 radical (unpaired) electrons. The predicted molar refractivity (Wildman–Crippen MR) is 83.4 cm³/mol. The van der Waals surface area contributed by atoms with Crippen LogP contribution < -0.4 is 39.6 Å². The molecule has 0 bridgehead atoms. The molecule has 8 nitrogen and oxygen atoms in total. The minimum absolute atomic E-state index is 0. The van der Waals surface area contributed by atoms with E-state index >= 15 is 0 Å². The second-order valence-corrected chi connectivity index (χ2v) is 7.58. The number of hydrogen-bond donors (Lipinski definition) is 0. The molecule has 1 aliphatic heterocycles. The average Bonchev–Trinajstić information content (AvgIpc) is 3.19. The minimum Gasteiger partial charge on any atom is -0.543 e. The molecule has 1 aliphatic carbocycles. The number of amides is 1. The number of carboxylic acids is 1. The maximum absolute atomic E-state index is 12.1. The van der Waals surface area contributed by atoms with Crippen LogP contribution in [0.1, 0.15) is 37.7 Å². The Labute approximate surface area is 168 Å². The zero-order chi connectivity index (χ0) is 17.7. The van der Waals surface area contributed by atoms with Crippen molar-refractivity contribution in [3.05, 3.63) is 18.1 Å². The Morgan fingerprint density at radius 1 is 1.32 bits per heavy atom. The number of carboxylic acid groups (broad SMARTS) is 1. The molecule has 25 heavy (non-hydrogen) atoms. The number of anilines is 1. The summed E-state index contributed by atoms with van der Waals surface area (Å²) in [6, 6.07) is 0.166. The van der Waals surface area contributed by atoms with Gasteiger partial charge in [0.2, 0.25) is 0 Å². The van der Waals surface area contributed by atoms with E-state index in [0.717, 1.165) is 19.5 Å². The number of aromatic nitrogens is 2. The summed E-state index contributed by atoms with van der Waals surface area (Å²) in [6.45, 7) is 7.08. The maximum atomic E-state index is 12.1. The summed E-state index contributed by atoms with van der Waals surface area (Å²) < 4.78 is 5.40. The van der Waals surface area contributed by atoms with Gasteiger partial charge in [0.05, 0.1) is 18.4 Å². The third-order valence-electron chi connectivity index (χ3n) is 4.48. The van der Waals surface area contributed by atoms with Gasteiger partial charge in [-0.15, -0.1) is 0 Å². The summed E-state index contributed by atoms with van der Waals surface area (Å²) in [4.78, 5) is 34.4. The fourth-order valence-corrected chi connectivity index (χ4v) is 3.14. The second-order valence-electron chi connectivity index (χ2n) is 7.58. The monoisotopic (exact) mass is 356 g/mol. The molecule has 9 heteroatoms. The van der Waals surface area contributed by atoms with Crippen LogP contribution in [0.5, 0.6) is 0 Å². The Hall–Kier alpha value is -1.38. The van der Waals surface area contributed by atoms with Crippen molar-refractivity contribution >= 4 is 17.9 Å². The molecule has 1 aromatic heterocycles. The molecule has 2 fully saturated rings. The number of rotatable bonds is 3. The summed E-state index contributed by atoms with van der Waals surface area (Å²) in [5, 5.41) is 10.7. The van der Waals surface area contributed by atoms with Gasteiger partial charge < -0.3 is 24.4 Å². The molecule has 0 N–H and O–H groups in total. The molecule has 0 aromatic carbocycles. The summed E-state index contributed by atoms with van der Waals surface area (Å²) in [5.41, 5.74) is -0.599. The molecule has 3 rings (SSSR count). The third kappa shape index (κ3) is 4.07. The van der Waals surface area contributed by atoms with Crippen molar-refractivity contribution in [3.8, 4) is 0 Å². The van der Waals surface area contributed by atoms with Crippen molar-refractivity contribution < 1.29 is 49.0 Å². The van der Waals surface area contributed by atoms with Gasteiger partial charge in [0.25, 0.3) is 0 Å². The van der Waals surface area contributed by atoms with Crippen LogP contribution in [0.2, 0.25) is 0 Å². The van der Waals surface area contributed by atoms with E-state index in [1.807, 2.05) is 25.7 Å². The molecule has 2 heterocycles. The number of nitrogens with zero attached hydrogens (tertiary/aromatic N) is 4. The Morgan fingerprint density at radius 2 is 1.96 bits per heavy atom. The SMILES string of the molecule is CN(C(=O)OC(C)(C)C)C1CC12CN(c1cnc(C(=O)[O-])cn1)C2.[Na+]. The van der Waals surface area contributed by atoms with E-state index in [4.69, 9.17) is 4.74 Å². The van der Waals surface area contributed by atoms with Crippen LogP contribution in [0.4, 0.5) is 10.6 Å². The van der Waals surface area contributed by atoms with E-state index in [9.17, 15) is 14.7 Å². The van der Waals surface area contributed by atoms with Crippen molar-refractivity contribution in [1.29, 1.82) is 0 Å². The van der Waals surface area contributed by atoms with Crippen molar-refractivity contribution in [2.75, 3.05) is 25.0 Å². The van der Waals surface area contributed by atoms with Crippen molar-refractivity contribution in [1.82, 2.24) is 14.9 Å². The zero-order valence-corrected chi connectivity index (χ0v) is 17.3. The standard InChI is InChI=1S/C16H22N4O4.Na/c1-15(2,3)24-14(23)19(4)11-5-16(11)8-20(9-16)12-7-17-10(6-18-12)13(21)22;/h6-7,11H,5,8-9H2,1-4H3,(H,21,22);/q;+1/p-1. The van der Waals surface area contributed by atoms with Crippen molar-refractivity contribution in [3.63, 3.8) is 0 Å². The first kappa shape index (κ1) is 19.9. The van der Waals surface area contributed by atoms with Gasteiger partial charge in [0.15, 0.2) is 0 Å². The fourth-order valence-electron chi connectivity index (χ4n) is 3.14. The molecule has 1 aromatic rings. The number of carbonyl (C=O) groups is 2. The smallest absolute Gasteiger partial charge is 0.543 e. The molecule has 130 valence electrons. The molecule has 2 aliphatic rings. The van der Waals surface area contributed by atoms with Crippen LogP contribution in [-0.2, 0) is 4.74 Å². The summed E-state index contributed by atoms with van der Waals surface area (Å²) in [5.74, 6) is -0.702.